The number of amides is 2. The lowest BCUT2D eigenvalue weighted by Crippen LogP contribution is -2.43. The topological polar surface area (TPSA) is 105 Å². The zero-order valence-electron chi connectivity index (χ0n) is 16.8. The standard InChI is InChI=1S/C20H29N3O5S/c1-15-7-8-17(29(26,27)23-9-11-28-12-10-23)13-18(15)20(25)21-14-19(24)22-16-5-3-2-4-6-16/h7-8,13,16H,2-6,9-12,14H2,1H3,(H,21,25)(H,22,24). The number of morpholine rings is 1. The Morgan fingerprint density at radius 1 is 1.14 bits per heavy atom. The van der Waals surface area contributed by atoms with Gasteiger partial charge in [-0.3, -0.25) is 9.59 Å². The van der Waals surface area contributed by atoms with Crippen molar-refractivity contribution < 1.29 is 22.7 Å². The van der Waals surface area contributed by atoms with E-state index < -0.39 is 15.9 Å². The third-order valence-electron chi connectivity index (χ3n) is 5.44. The number of nitrogens with one attached hydrogen (secondary N) is 2. The smallest absolute Gasteiger partial charge is 0.252 e. The molecule has 0 unspecified atom stereocenters. The molecule has 8 nitrogen and oxygen atoms in total. The Bertz CT molecular complexity index is 844. The molecular weight excluding hydrogens is 394 g/mol. The summed E-state index contributed by atoms with van der Waals surface area (Å²) in [5.74, 6) is -0.680. The van der Waals surface area contributed by atoms with Crippen LogP contribution in [0.5, 0.6) is 0 Å². The number of sulfonamides is 1. The van der Waals surface area contributed by atoms with E-state index >= 15 is 0 Å². The number of hydrogen-bond acceptors (Lipinski definition) is 5. The molecule has 3 rings (SSSR count). The quantitative estimate of drug-likeness (QED) is 0.715. The highest BCUT2D eigenvalue weighted by Crippen LogP contribution is 2.21. The van der Waals surface area contributed by atoms with Crippen LogP contribution in [0, 0.1) is 6.92 Å². The molecule has 0 spiro atoms. The first-order chi connectivity index (χ1) is 13.9. The Balaban J connectivity index is 1.64. The van der Waals surface area contributed by atoms with Crippen LogP contribution >= 0.6 is 0 Å². The Labute approximate surface area is 172 Å². The van der Waals surface area contributed by atoms with Crippen molar-refractivity contribution in [3.63, 3.8) is 0 Å². The second-order valence-corrected chi connectivity index (χ2v) is 9.52. The van der Waals surface area contributed by atoms with Gasteiger partial charge < -0.3 is 15.4 Å². The largest absolute Gasteiger partial charge is 0.379 e. The van der Waals surface area contributed by atoms with E-state index in [-0.39, 0.29) is 29.0 Å². The number of rotatable bonds is 6. The minimum Gasteiger partial charge on any atom is -0.379 e. The van der Waals surface area contributed by atoms with E-state index in [1.807, 2.05) is 0 Å². The van der Waals surface area contributed by atoms with Crippen molar-refractivity contribution in [1.29, 1.82) is 0 Å². The maximum Gasteiger partial charge on any atom is 0.252 e. The van der Waals surface area contributed by atoms with Crippen LogP contribution in [0.1, 0.15) is 48.0 Å². The van der Waals surface area contributed by atoms with Gasteiger partial charge in [-0.15, -0.1) is 0 Å². The number of aryl methyl sites for hydroxylation is 1. The molecule has 1 aromatic rings. The van der Waals surface area contributed by atoms with Crippen LogP contribution in [-0.2, 0) is 19.6 Å². The average molecular weight is 424 g/mol. The number of hydrogen-bond donors (Lipinski definition) is 2. The fraction of sp³-hybridized carbons (Fsp3) is 0.600. The molecule has 1 saturated carbocycles. The molecule has 0 bridgehead atoms. The van der Waals surface area contributed by atoms with Crippen LogP contribution in [0.4, 0.5) is 0 Å². The lowest BCUT2D eigenvalue weighted by atomic mass is 9.95. The summed E-state index contributed by atoms with van der Waals surface area (Å²) >= 11 is 0. The van der Waals surface area contributed by atoms with Crippen LogP contribution in [0.15, 0.2) is 23.1 Å². The van der Waals surface area contributed by atoms with Crippen molar-refractivity contribution in [2.45, 2.75) is 50.0 Å². The van der Waals surface area contributed by atoms with Gasteiger partial charge in [0.2, 0.25) is 15.9 Å². The predicted molar refractivity (Wildman–Crippen MR) is 108 cm³/mol. The van der Waals surface area contributed by atoms with E-state index in [4.69, 9.17) is 4.74 Å². The number of carbonyl (C=O) groups excluding carboxylic acids is 2. The highest BCUT2D eigenvalue weighted by Gasteiger charge is 2.27. The van der Waals surface area contributed by atoms with Gasteiger partial charge in [-0.05, 0) is 37.5 Å². The average Bonchev–Trinajstić information content (AvgIpc) is 2.73. The SMILES string of the molecule is Cc1ccc(S(=O)(=O)N2CCOCC2)cc1C(=O)NCC(=O)NC1CCCCC1. The van der Waals surface area contributed by atoms with E-state index in [2.05, 4.69) is 10.6 Å². The molecule has 0 atom stereocenters. The third-order valence-corrected chi connectivity index (χ3v) is 7.34. The van der Waals surface area contributed by atoms with Gasteiger partial charge in [-0.2, -0.15) is 4.31 Å². The lowest BCUT2D eigenvalue weighted by molar-refractivity contribution is -0.121. The molecule has 0 aromatic heterocycles. The minimum atomic E-state index is -3.69. The monoisotopic (exact) mass is 423 g/mol. The fourth-order valence-corrected chi connectivity index (χ4v) is 5.16. The number of ether oxygens (including phenoxy) is 1. The zero-order chi connectivity index (χ0) is 20.9. The molecule has 9 heteroatoms. The first-order valence-corrected chi connectivity index (χ1v) is 11.6. The molecule has 2 aliphatic rings. The van der Waals surface area contributed by atoms with Crippen LogP contribution in [-0.4, -0.2) is 63.4 Å². The van der Waals surface area contributed by atoms with Crippen molar-refractivity contribution in [1.82, 2.24) is 14.9 Å². The summed E-state index contributed by atoms with van der Waals surface area (Å²) in [6.45, 7) is 2.90. The fourth-order valence-electron chi connectivity index (χ4n) is 3.72. The highest BCUT2D eigenvalue weighted by molar-refractivity contribution is 7.89. The van der Waals surface area contributed by atoms with E-state index in [0.717, 1.165) is 25.7 Å². The summed E-state index contributed by atoms with van der Waals surface area (Å²) in [6.07, 6.45) is 5.37. The summed E-state index contributed by atoms with van der Waals surface area (Å²) in [5.41, 5.74) is 0.904. The maximum absolute atomic E-state index is 12.8. The summed E-state index contributed by atoms with van der Waals surface area (Å²) in [6, 6.07) is 4.68. The molecule has 2 N–H and O–H groups in total. The molecule has 2 amide bonds. The van der Waals surface area contributed by atoms with Crippen LogP contribution in [0.2, 0.25) is 0 Å². The molecule has 160 valence electrons. The number of nitrogens with zero attached hydrogens (tertiary/aromatic N) is 1. The van der Waals surface area contributed by atoms with Gasteiger partial charge in [0.1, 0.15) is 0 Å². The number of benzene rings is 1. The van der Waals surface area contributed by atoms with Crippen molar-refractivity contribution in [3.8, 4) is 0 Å². The van der Waals surface area contributed by atoms with Gasteiger partial charge in [0.25, 0.3) is 5.91 Å². The van der Waals surface area contributed by atoms with Crippen molar-refractivity contribution >= 4 is 21.8 Å². The van der Waals surface area contributed by atoms with Gasteiger partial charge in [-0.25, -0.2) is 8.42 Å². The highest BCUT2D eigenvalue weighted by atomic mass is 32.2. The van der Waals surface area contributed by atoms with Gasteiger partial charge in [-0.1, -0.05) is 25.3 Å². The Kier molecular flexibility index (Phi) is 7.26. The van der Waals surface area contributed by atoms with Crippen molar-refractivity contribution in [3.05, 3.63) is 29.3 Å². The van der Waals surface area contributed by atoms with E-state index in [9.17, 15) is 18.0 Å². The van der Waals surface area contributed by atoms with E-state index in [1.165, 1.54) is 22.9 Å². The van der Waals surface area contributed by atoms with E-state index in [0.29, 0.717) is 31.9 Å². The summed E-state index contributed by atoms with van der Waals surface area (Å²) < 4.78 is 32.2. The van der Waals surface area contributed by atoms with Gasteiger partial charge in [0, 0.05) is 24.7 Å². The predicted octanol–water partition coefficient (Wildman–Crippen LogP) is 1.19. The molecule has 29 heavy (non-hydrogen) atoms. The van der Waals surface area contributed by atoms with Crippen LogP contribution < -0.4 is 10.6 Å². The first-order valence-electron chi connectivity index (χ1n) is 10.1. The van der Waals surface area contributed by atoms with Crippen molar-refractivity contribution in [2.75, 3.05) is 32.8 Å². The molecule has 2 fully saturated rings. The molecular formula is C20H29N3O5S. The molecule has 0 radical (unpaired) electrons. The summed E-state index contributed by atoms with van der Waals surface area (Å²) in [5, 5.41) is 5.56. The molecule has 1 heterocycles. The Hall–Kier alpha value is -1.97. The van der Waals surface area contributed by atoms with E-state index in [1.54, 1.807) is 13.0 Å². The second kappa shape index (κ2) is 9.69. The minimum absolute atomic E-state index is 0.0711. The normalized spacial score (nSPS) is 18.9. The van der Waals surface area contributed by atoms with Gasteiger partial charge in [0.15, 0.2) is 0 Å². The van der Waals surface area contributed by atoms with Crippen molar-refractivity contribution in [2.24, 2.45) is 0 Å². The third kappa shape index (κ3) is 5.55. The lowest BCUT2D eigenvalue weighted by Gasteiger charge is -2.26. The summed E-state index contributed by atoms with van der Waals surface area (Å²) in [7, 11) is -3.69. The summed E-state index contributed by atoms with van der Waals surface area (Å²) in [4.78, 5) is 24.8. The Morgan fingerprint density at radius 3 is 2.52 bits per heavy atom. The van der Waals surface area contributed by atoms with Crippen LogP contribution in [0.3, 0.4) is 0 Å². The van der Waals surface area contributed by atoms with Gasteiger partial charge in [0.05, 0.1) is 24.7 Å². The first kappa shape index (κ1) is 21.7. The number of carbonyl (C=O) groups is 2. The van der Waals surface area contributed by atoms with Gasteiger partial charge >= 0.3 is 0 Å². The molecule has 1 saturated heterocycles. The Morgan fingerprint density at radius 2 is 1.83 bits per heavy atom. The van der Waals surface area contributed by atoms with Crippen LogP contribution in [0.25, 0.3) is 0 Å². The second-order valence-electron chi connectivity index (χ2n) is 7.58. The molecule has 1 aliphatic carbocycles. The molecule has 1 aliphatic heterocycles. The zero-order valence-corrected chi connectivity index (χ0v) is 17.6. The molecule has 1 aromatic carbocycles. The maximum atomic E-state index is 12.8.